The van der Waals surface area contributed by atoms with Crippen LogP contribution in [0.15, 0.2) is 0 Å². The van der Waals surface area contributed by atoms with Gasteiger partial charge in [0.05, 0.1) is 0 Å². The van der Waals surface area contributed by atoms with Gasteiger partial charge in [0.25, 0.3) is 0 Å². The highest BCUT2D eigenvalue weighted by molar-refractivity contribution is 5.78. The van der Waals surface area contributed by atoms with Gasteiger partial charge >= 0.3 is 5.97 Å². The smallest absolute Gasteiger partial charge is 0.323 e. The molecule has 0 spiro atoms. The van der Waals surface area contributed by atoms with Crippen LogP contribution in [-0.4, -0.2) is 61.4 Å². The van der Waals surface area contributed by atoms with Gasteiger partial charge in [-0.2, -0.15) is 0 Å². The van der Waals surface area contributed by atoms with Crippen LogP contribution in [-0.2, 0) is 9.53 Å². The van der Waals surface area contributed by atoms with Gasteiger partial charge in [0, 0.05) is 32.8 Å². The van der Waals surface area contributed by atoms with E-state index in [4.69, 9.17) is 4.74 Å². The predicted octanol–water partition coefficient (Wildman–Crippen LogP) is 0.940. The first-order chi connectivity index (χ1) is 8.48. The lowest BCUT2D eigenvalue weighted by atomic mass is 9.97. The first kappa shape index (κ1) is 15.4. The molecule has 1 saturated carbocycles. The van der Waals surface area contributed by atoms with E-state index in [0.717, 1.165) is 39.0 Å². The van der Waals surface area contributed by atoms with Crippen LogP contribution in [0.3, 0.4) is 0 Å². The van der Waals surface area contributed by atoms with Crippen molar-refractivity contribution in [2.45, 2.75) is 44.2 Å². The van der Waals surface area contributed by atoms with E-state index >= 15 is 0 Å². The Morgan fingerprint density at radius 3 is 2.67 bits per heavy atom. The number of carbonyl (C=O) groups is 1. The number of hydrogen-bond donors (Lipinski definition) is 2. The summed E-state index contributed by atoms with van der Waals surface area (Å²) >= 11 is 0. The standard InChI is InChI=1S/C13H26N2O3/c1-13(12(16)17,14-11-5-6-11)7-9-15(2)8-4-10-18-3/h11,14H,4-10H2,1-3H3,(H,16,17). The van der Waals surface area contributed by atoms with Crippen molar-refractivity contribution in [1.29, 1.82) is 0 Å². The highest BCUT2D eigenvalue weighted by atomic mass is 16.5. The Balaban J connectivity index is 2.29. The summed E-state index contributed by atoms with van der Waals surface area (Å²) < 4.78 is 5.00. The van der Waals surface area contributed by atoms with Crippen LogP contribution in [0, 0.1) is 0 Å². The van der Waals surface area contributed by atoms with Crippen LogP contribution in [0.4, 0.5) is 0 Å². The fourth-order valence-corrected chi connectivity index (χ4v) is 1.92. The van der Waals surface area contributed by atoms with Gasteiger partial charge in [0.1, 0.15) is 5.54 Å². The maximum atomic E-state index is 11.4. The van der Waals surface area contributed by atoms with Crippen molar-refractivity contribution in [2.24, 2.45) is 0 Å². The Morgan fingerprint density at radius 2 is 2.17 bits per heavy atom. The molecular formula is C13H26N2O3. The highest BCUT2D eigenvalue weighted by Crippen LogP contribution is 2.24. The molecule has 1 unspecified atom stereocenters. The molecular weight excluding hydrogens is 232 g/mol. The third kappa shape index (κ3) is 5.33. The van der Waals surface area contributed by atoms with E-state index < -0.39 is 11.5 Å². The molecule has 5 heteroatoms. The van der Waals surface area contributed by atoms with Crippen molar-refractivity contribution in [3.8, 4) is 0 Å². The molecule has 0 bridgehead atoms. The normalized spacial score (nSPS) is 18.9. The number of ether oxygens (including phenoxy) is 1. The summed E-state index contributed by atoms with van der Waals surface area (Å²) in [5.41, 5.74) is -0.795. The molecule has 2 N–H and O–H groups in total. The summed E-state index contributed by atoms with van der Waals surface area (Å²) in [6.07, 6.45) is 3.81. The van der Waals surface area contributed by atoms with Gasteiger partial charge in [0.15, 0.2) is 0 Å². The molecule has 5 nitrogen and oxygen atoms in total. The lowest BCUT2D eigenvalue weighted by Crippen LogP contribution is -2.52. The van der Waals surface area contributed by atoms with Gasteiger partial charge < -0.3 is 14.7 Å². The summed E-state index contributed by atoms with van der Waals surface area (Å²) in [5.74, 6) is -0.750. The third-order valence-corrected chi connectivity index (χ3v) is 3.45. The van der Waals surface area contributed by atoms with E-state index in [-0.39, 0.29) is 0 Å². The zero-order chi connectivity index (χ0) is 13.6. The van der Waals surface area contributed by atoms with Gasteiger partial charge in [-0.05, 0) is 39.7 Å². The van der Waals surface area contributed by atoms with E-state index in [0.29, 0.717) is 12.5 Å². The Kier molecular flexibility index (Phi) is 6.05. The lowest BCUT2D eigenvalue weighted by Gasteiger charge is -2.28. The minimum atomic E-state index is -0.795. The molecule has 18 heavy (non-hydrogen) atoms. The predicted molar refractivity (Wildman–Crippen MR) is 70.8 cm³/mol. The van der Waals surface area contributed by atoms with Crippen molar-refractivity contribution in [3.05, 3.63) is 0 Å². The van der Waals surface area contributed by atoms with Gasteiger partial charge in [-0.25, -0.2) is 0 Å². The third-order valence-electron chi connectivity index (χ3n) is 3.45. The largest absolute Gasteiger partial charge is 0.480 e. The quantitative estimate of drug-likeness (QED) is 0.571. The zero-order valence-corrected chi connectivity index (χ0v) is 11.7. The molecule has 0 heterocycles. The molecule has 0 saturated heterocycles. The average Bonchev–Trinajstić information content (AvgIpc) is 3.10. The lowest BCUT2D eigenvalue weighted by molar-refractivity contribution is -0.144. The zero-order valence-electron chi connectivity index (χ0n) is 11.7. The maximum absolute atomic E-state index is 11.4. The van der Waals surface area contributed by atoms with Gasteiger partial charge in [-0.1, -0.05) is 0 Å². The Hall–Kier alpha value is -0.650. The molecule has 1 atom stereocenters. The minimum absolute atomic E-state index is 0.407. The van der Waals surface area contributed by atoms with Crippen LogP contribution in [0.1, 0.15) is 32.6 Å². The number of aliphatic carboxylic acids is 1. The summed E-state index contributed by atoms with van der Waals surface area (Å²) in [7, 11) is 3.72. The first-order valence-corrected chi connectivity index (χ1v) is 6.66. The average molecular weight is 258 g/mol. The second kappa shape index (κ2) is 7.07. The first-order valence-electron chi connectivity index (χ1n) is 6.66. The fourth-order valence-electron chi connectivity index (χ4n) is 1.92. The second-order valence-electron chi connectivity index (χ2n) is 5.46. The van der Waals surface area contributed by atoms with Crippen molar-refractivity contribution >= 4 is 5.97 Å². The van der Waals surface area contributed by atoms with Crippen LogP contribution in [0.25, 0.3) is 0 Å². The molecule has 0 radical (unpaired) electrons. The van der Waals surface area contributed by atoms with Crippen LogP contribution < -0.4 is 5.32 Å². The van der Waals surface area contributed by atoms with Gasteiger partial charge in [-0.15, -0.1) is 0 Å². The summed E-state index contributed by atoms with van der Waals surface area (Å²) in [4.78, 5) is 13.5. The molecule has 0 aromatic carbocycles. The summed E-state index contributed by atoms with van der Waals surface area (Å²) in [5, 5.41) is 12.6. The van der Waals surface area contributed by atoms with E-state index in [9.17, 15) is 9.90 Å². The van der Waals surface area contributed by atoms with Gasteiger partial charge in [0.2, 0.25) is 0 Å². The molecule has 0 aliphatic heterocycles. The highest BCUT2D eigenvalue weighted by Gasteiger charge is 2.38. The van der Waals surface area contributed by atoms with Gasteiger partial charge in [-0.3, -0.25) is 10.1 Å². The topological polar surface area (TPSA) is 61.8 Å². The monoisotopic (exact) mass is 258 g/mol. The second-order valence-corrected chi connectivity index (χ2v) is 5.46. The van der Waals surface area contributed by atoms with Crippen molar-refractivity contribution < 1.29 is 14.6 Å². The molecule has 1 aliphatic rings. The number of rotatable bonds is 10. The summed E-state index contributed by atoms with van der Waals surface area (Å²) in [6, 6.07) is 0.407. The number of hydrogen-bond acceptors (Lipinski definition) is 4. The maximum Gasteiger partial charge on any atom is 0.323 e. The molecule has 1 aliphatic carbocycles. The van der Waals surface area contributed by atoms with E-state index in [1.807, 2.05) is 7.05 Å². The van der Waals surface area contributed by atoms with Crippen LogP contribution in [0.2, 0.25) is 0 Å². The minimum Gasteiger partial charge on any atom is -0.480 e. The molecule has 106 valence electrons. The van der Waals surface area contributed by atoms with Crippen LogP contribution in [0.5, 0.6) is 0 Å². The number of methoxy groups -OCH3 is 1. The van der Waals surface area contributed by atoms with E-state index in [1.54, 1.807) is 14.0 Å². The SMILES string of the molecule is COCCCN(C)CCC(C)(NC1CC1)C(=O)O. The Morgan fingerprint density at radius 1 is 1.50 bits per heavy atom. The number of carboxylic acids is 1. The molecule has 1 rings (SSSR count). The van der Waals surface area contributed by atoms with Crippen molar-refractivity contribution in [1.82, 2.24) is 10.2 Å². The number of carboxylic acid groups (broad SMARTS) is 1. The van der Waals surface area contributed by atoms with Crippen LogP contribution >= 0.6 is 0 Å². The number of nitrogens with zero attached hydrogens (tertiary/aromatic N) is 1. The molecule has 0 aromatic heterocycles. The van der Waals surface area contributed by atoms with Crippen molar-refractivity contribution in [2.75, 3.05) is 33.9 Å². The van der Waals surface area contributed by atoms with E-state index in [1.165, 1.54) is 0 Å². The summed E-state index contributed by atoms with van der Waals surface area (Å²) in [6.45, 7) is 4.26. The Labute approximate surface area is 109 Å². The molecule has 0 amide bonds. The van der Waals surface area contributed by atoms with Crippen molar-refractivity contribution in [3.63, 3.8) is 0 Å². The number of nitrogens with one attached hydrogen (secondary N) is 1. The molecule has 1 fully saturated rings. The Bertz CT molecular complexity index is 269. The molecule has 0 aromatic rings. The fraction of sp³-hybridized carbons (Fsp3) is 0.923. The van der Waals surface area contributed by atoms with E-state index in [2.05, 4.69) is 10.2 Å².